The number of nitrogens with one attached hydrogen (secondary N) is 1. The van der Waals surface area contributed by atoms with Crippen molar-refractivity contribution in [2.24, 2.45) is 0 Å². The Balaban J connectivity index is 1.74. The van der Waals surface area contributed by atoms with Crippen molar-refractivity contribution in [2.45, 2.75) is 13.0 Å². The van der Waals surface area contributed by atoms with Crippen molar-refractivity contribution in [3.8, 4) is 5.75 Å². The molecule has 1 unspecified atom stereocenters. The summed E-state index contributed by atoms with van der Waals surface area (Å²) in [6.07, 6.45) is 0. The summed E-state index contributed by atoms with van der Waals surface area (Å²) < 4.78 is 0. The van der Waals surface area contributed by atoms with Crippen molar-refractivity contribution in [1.82, 2.24) is 10.2 Å². The van der Waals surface area contributed by atoms with Gasteiger partial charge in [-0.2, -0.15) is 11.8 Å². The minimum atomic E-state index is 0.199. The van der Waals surface area contributed by atoms with E-state index < -0.39 is 0 Å². The van der Waals surface area contributed by atoms with E-state index in [1.165, 1.54) is 24.6 Å². The van der Waals surface area contributed by atoms with Crippen LogP contribution in [-0.2, 0) is 0 Å². The predicted octanol–water partition coefficient (Wildman–Crippen LogP) is 2.09. The maximum absolute atomic E-state index is 9.78. The Labute approximate surface area is 114 Å². The molecule has 1 aliphatic rings. The van der Waals surface area contributed by atoms with Gasteiger partial charge in [-0.25, -0.2) is 0 Å². The second-order valence-electron chi connectivity index (χ2n) is 4.69. The standard InChI is InChI=1S/C14H22N2OS/c1-12(13-4-2-3-5-14(13)17)15-6-7-16-8-10-18-11-9-16/h2-5,12,15,17H,6-11H2,1H3. The number of phenolic OH excluding ortho intramolecular Hbond substituents is 1. The first-order valence-corrected chi connectivity index (χ1v) is 7.74. The molecule has 0 aromatic heterocycles. The van der Waals surface area contributed by atoms with E-state index in [0.717, 1.165) is 18.7 Å². The first-order chi connectivity index (χ1) is 8.77. The minimum Gasteiger partial charge on any atom is -0.508 e. The summed E-state index contributed by atoms with van der Waals surface area (Å²) in [6.45, 7) is 6.58. The molecule has 3 nitrogen and oxygen atoms in total. The van der Waals surface area contributed by atoms with Gasteiger partial charge in [0, 0.05) is 49.3 Å². The van der Waals surface area contributed by atoms with E-state index in [0.29, 0.717) is 5.75 Å². The smallest absolute Gasteiger partial charge is 0.120 e. The van der Waals surface area contributed by atoms with Gasteiger partial charge in [0.2, 0.25) is 0 Å². The SMILES string of the molecule is CC(NCCN1CCSCC1)c1ccccc1O. The molecule has 0 spiro atoms. The summed E-state index contributed by atoms with van der Waals surface area (Å²) in [5.74, 6) is 2.90. The molecule has 0 saturated carbocycles. The zero-order valence-electron chi connectivity index (χ0n) is 10.9. The number of aromatic hydroxyl groups is 1. The molecule has 0 amide bonds. The van der Waals surface area contributed by atoms with E-state index in [1.54, 1.807) is 6.07 Å². The molecule has 1 saturated heterocycles. The lowest BCUT2D eigenvalue weighted by atomic mass is 10.1. The molecule has 4 heteroatoms. The average Bonchev–Trinajstić information content (AvgIpc) is 2.40. The second-order valence-corrected chi connectivity index (χ2v) is 5.91. The van der Waals surface area contributed by atoms with Gasteiger partial charge >= 0.3 is 0 Å². The Hall–Kier alpha value is -0.710. The lowest BCUT2D eigenvalue weighted by Gasteiger charge is -2.27. The molecule has 1 aliphatic heterocycles. The zero-order chi connectivity index (χ0) is 12.8. The normalized spacial score (nSPS) is 18.7. The number of nitrogens with zero attached hydrogens (tertiary/aromatic N) is 1. The summed E-state index contributed by atoms with van der Waals surface area (Å²) in [5.41, 5.74) is 0.978. The van der Waals surface area contributed by atoms with E-state index >= 15 is 0 Å². The summed E-state index contributed by atoms with van der Waals surface area (Å²) in [5, 5.41) is 13.3. The van der Waals surface area contributed by atoms with Gasteiger partial charge in [0.1, 0.15) is 5.75 Å². The van der Waals surface area contributed by atoms with Crippen molar-refractivity contribution in [3.05, 3.63) is 29.8 Å². The number of benzene rings is 1. The number of hydrogen-bond acceptors (Lipinski definition) is 4. The summed E-state index contributed by atoms with van der Waals surface area (Å²) in [7, 11) is 0. The quantitative estimate of drug-likeness (QED) is 0.855. The number of rotatable bonds is 5. The molecular formula is C14H22N2OS. The van der Waals surface area contributed by atoms with E-state index in [4.69, 9.17) is 0 Å². The van der Waals surface area contributed by atoms with Crippen LogP contribution in [0.5, 0.6) is 5.75 Å². The highest BCUT2D eigenvalue weighted by Gasteiger charge is 2.12. The minimum absolute atomic E-state index is 0.199. The Kier molecular flexibility index (Phi) is 5.35. The highest BCUT2D eigenvalue weighted by atomic mass is 32.2. The molecule has 100 valence electrons. The summed E-state index contributed by atoms with van der Waals surface area (Å²) in [4.78, 5) is 2.50. The van der Waals surface area contributed by atoms with E-state index in [2.05, 4.69) is 17.1 Å². The number of thioether (sulfide) groups is 1. The van der Waals surface area contributed by atoms with E-state index in [9.17, 15) is 5.11 Å². The van der Waals surface area contributed by atoms with Crippen molar-refractivity contribution in [1.29, 1.82) is 0 Å². The molecule has 1 atom stereocenters. The van der Waals surface area contributed by atoms with Crippen molar-refractivity contribution in [3.63, 3.8) is 0 Å². The number of para-hydroxylation sites is 1. The highest BCUT2D eigenvalue weighted by molar-refractivity contribution is 7.99. The molecule has 1 aromatic carbocycles. The second kappa shape index (κ2) is 7.02. The van der Waals surface area contributed by atoms with Crippen LogP contribution in [0, 0.1) is 0 Å². The molecule has 1 heterocycles. The first kappa shape index (κ1) is 13.7. The van der Waals surface area contributed by atoms with Gasteiger partial charge < -0.3 is 15.3 Å². The largest absolute Gasteiger partial charge is 0.508 e. The molecule has 0 aliphatic carbocycles. The van der Waals surface area contributed by atoms with E-state index in [-0.39, 0.29) is 6.04 Å². The van der Waals surface area contributed by atoms with Gasteiger partial charge in [0.05, 0.1) is 0 Å². The maximum atomic E-state index is 9.78. The topological polar surface area (TPSA) is 35.5 Å². The lowest BCUT2D eigenvalue weighted by molar-refractivity contribution is 0.296. The van der Waals surface area contributed by atoms with Gasteiger partial charge in [-0.3, -0.25) is 0 Å². The highest BCUT2D eigenvalue weighted by Crippen LogP contribution is 2.22. The fourth-order valence-corrected chi connectivity index (χ4v) is 3.21. The van der Waals surface area contributed by atoms with Crippen molar-refractivity contribution >= 4 is 11.8 Å². The molecule has 2 N–H and O–H groups in total. The van der Waals surface area contributed by atoms with Crippen LogP contribution in [-0.4, -0.2) is 47.7 Å². The van der Waals surface area contributed by atoms with Crippen LogP contribution >= 0.6 is 11.8 Å². The molecule has 0 radical (unpaired) electrons. The maximum Gasteiger partial charge on any atom is 0.120 e. The average molecular weight is 266 g/mol. The molecule has 1 fully saturated rings. The van der Waals surface area contributed by atoms with Gasteiger partial charge in [-0.05, 0) is 13.0 Å². The van der Waals surface area contributed by atoms with Gasteiger partial charge in [0.15, 0.2) is 0 Å². The number of phenols is 1. The molecule has 0 bridgehead atoms. The molecule has 18 heavy (non-hydrogen) atoms. The summed E-state index contributed by atoms with van der Waals surface area (Å²) in [6, 6.07) is 7.75. The van der Waals surface area contributed by atoms with Crippen LogP contribution in [0.4, 0.5) is 0 Å². The predicted molar refractivity (Wildman–Crippen MR) is 78.3 cm³/mol. The Morgan fingerprint density at radius 3 is 2.78 bits per heavy atom. The van der Waals surface area contributed by atoms with Crippen LogP contribution < -0.4 is 5.32 Å². The third-order valence-corrected chi connectivity index (χ3v) is 4.33. The molecular weight excluding hydrogens is 244 g/mol. The van der Waals surface area contributed by atoms with Crippen LogP contribution in [0.2, 0.25) is 0 Å². The fourth-order valence-electron chi connectivity index (χ4n) is 2.23. The molecule has 2 rings (SSSR count). The fraction of sp³-hybridized carbons (Fsp3) is 0.571. The van der Waals surface area contributed by atoms with Crippen molar-refractivity contribution in [2.75, 3.05) is 37.7 Å². The van der Waals surface area contributed by atoms with Gasteiger partial charge in [0.25, 0.3) is 0 Å². The molecule has 1 aromatic rings. The van der Waals surface area contributed by atoms with Gasteiger partial charge in [-0.1, -0.05) is 18.2 Å². The van der Waals surface area contributed by atoms with Crippen LogP contribution in [0.1, 0.15) is 18.5 Å². The van der Waals surface area contributed by atoms with Crippen LogP contribution in [0.15, 0.2) is 24.3 Å². The third kappa shape index (κ3) is 3.90. The van der Waals surface area contributed by atoms with Crippen LogP contribution in [0.25, 0.3) is 0 Å². The van der Waals surface area contributed by atoms with Gasteiger partial charge in [-0.15, -0.1) is 0 Å². The first-order valence-electron chi connectivity index (χ1n) is 6.59. The van der Waals surface area contributed by atoms with Crippen LogP contribution in [0.3, 0.4) is 0 Å². The monoisotopic (exact) mass is 266 g/mol. The van der Waals surface area contributed by atoms with Crippen molar-refractivity contribution < 1.29 is 5.11 Å². The Morgan fingerprint density at radius 1 is 1.33 bits per heavy atom. The number of hydrogen-bond donors (Lipinski definition) is 2. The zero-order valence-corrected chi connectivity index (χ0v) is 11.7. The Bertz CT molecular complexity index is 367. The van der Waals surface area contributed by atoms with E-state index in [1.807, 2.05) is 30.0 Å². The summed E-state index contributed by atoms with van der Waals surface area (Å²) >= 11 is 2.04. The third-order valence-electron chi connectivity index (χ3n) is 3.39. The lowest BCUT2D eigenvalue weighted by Crippen LogP contribution is -2.38. The Morgan fingerprint density at radius 2 is 2.06 bits per heavy atom.